The van der Waals surface area contributed by atoms with Crippen molar-refractivity contribution in [2.45, 2.75) is 24.0 Å². The molecule has 3 aromatic rings. The van der Waals surface area contributed by atoms with E-state index >= 15 is 0 Å². The lowest BCUT2D eigenvalue weighted by Crippen LogP contribution is -2.21. The van der Waals surface area contributed by atoms with Crippen LogP contribution < -0.4 is 0 Å². The molecule has 1 atom stereocenters. The van der Waals surface area contributed by atoms with Crippen molar-refractivity contribution in [1.82, 2.24) is 4.98 Å². The molecule has 0 aliphatic heterocycles. The van der Waals surface area contributed by atoms with Crippen molar-refractivity contribution in [3.05, 3.63) is 65.9 Å². The molecular formula is C20H19NO3S. The highest BCUT2D eigenvalue weighted by Gasteiger charge is 2.20. The van der Waals surface area contributed by atoms with E-state index < -0.39 is 0 Å². The minimum atomic E-state index is -0.389. The van der Waals surface area contributed by atoms with Gasteiger partial charge >= 0.3 is 5.97 Å². The Balaban J connectivity index is 1.63. The first-order valence-corrected chi connectivity index (χ1v) is 8.93. The number of H-pyrrole nitrogens is 1. The average Bonchev–Trinajstić information content (AvgIpc) is 2.96. The Morgan fingerprint density at radius 2 is 1.76 bits per heavy atom. The Morgan fingerprint density at radius 1 is 1.08 bits per heavy atom. The molecule has 0 bridgehead atoms. The number of aryl methyl sites for hydroxylation is 1. The molecule has 0 radical (unpaired) electrons. The number of aromatic nitrogens is 1. The number of ketones is 1. The van der Waals surface area contributed by atoms with Crippen LogP contribution >= 0.6 is 11.8 Å². The number of esters is 1. The van der Waals surface area contributed by atoms with Gasteiger partial charge in [0, 0.05) is 27.1 Å². The predicted molar refractivity (Wildman–Crippen MR) is 100 cm³/mol. The molecule has 2 aromatic carbocycles. The molecule has 1 aromatic heterocycles. The summed E-state index contributed by atoms with van der Waals surface area (Å²) in [5, 5.41) is 0.479. The van der Waals surface area contributed by atoms with Gasteiger partial charge in [0.2, 0.25) is 5.78 Å². The molecule has 128 valence electrons. The van der Waals surface area contributed by atoms with Crippen LogP contribution in [0.25, 0.3) is 10.9 Å². The van der Waals surface area contributed by atoms with Crippen molar-refractivity contribution in [3.63, 3.8) is 0 Å². The third-order valence-corrected chi connectivity index (χ3v) is 5.00. The summed E-state index contributed by atoms with van der Waals surface area (Å²) in [6.07, 6.45) is 0. The zero-order chi connectivity index (χ0) is 17.8. The number of aromatic amines is 1. The Bertz CT molecular complexity index is 902. The molecule has 0 spiro atoms. The van der Waals surface area contributed by atoms with Crippen molar-refractivity contribution in [1.29, 1.82) is 0 Å². The molecule has 25 heavy (non-hydrogen) atoms. The van der Waals surface area contributed by atoms with Crippen LogP contribution in [-0.2, 0) is 9.53 Å². The molecule has 5 heteroatoms. The second-order valence-corrected chi connectivity index (χ2v) is 7.19. The normalized spacial score (nSPS) is 12.1. The highest BCUT2D eigenvalue weighted by molar-refractivity contribution is 8.00. The standard InChI is InChI=1S/C20H19NO3S/c1-13-19(16-10-6-7-11-17(16)21-13)18(22)12-24-20(23)14(2)25-15-8-4-3-5-9-15/h3-11,14,21H,12H2,1-2H3/t14-/m1/s1. The summed E-state index contributed by atoms with van der Waals surface area (Å²) in [4.78, 5) is 28.9. The molecule has 1 N–H and O–H groups in total. The highest BCUT2D eigenvalue weighted by atomic mass is 32.2. The molecule has 0 fully saturated rings. The van der Waals surface area contributed by atoms with Crippen molar-refractivity contribution in [2.24, 2.45) is 0 Å². The smallest absolute Gasteiger partial charge is 0.319 e. The number of thioether (sulfide) groups is 1. The largest absolute Gasteiger partial charge is 0.456 e. The Kier molecular flexibility index (Phi) is 5.24. The molecule has 0 unspecified atom stereocenters. The number of para-hydroxylation sites is 1. The fraction of sp³-hybridized carbons (Fsp3) is 0.200. The van der Waals surface area contributed by atoms with E-state index in [4.69, 9.17) is 4.74 Å². The molecule has 0 saturated carbocycles. The first-order chi connectivity index (χ1) is 12.1. The van der Waals surface area contributed by atoms with Gasteiger partial charge in [-0.05, 0) is 32.0 Å². The lowest BCUT2D eigenvalue weighted by atomic mass is 10.1. The summed E-state index contributed by atoms with van der Waals surface area (Å²) in [6, 6.07) is 17.3. The van der Waals surface area contributed by atoms with Crippen molar-refractivity contribution >= 4 is 34.4 Å². The Labute approximate surface area is 150 Å². The van der Waals surface area contributed by atoms with Crippen LogP contribution in [0.1, 0.15) is 23.0 Å². The predicted octanol–water partition coefficient (Wildman–Crippen LogP) is 4.38. The summed E-state index contributed by atoms with van der Waals surface area (Å²) < 4.78 is 5.24. The van der Waals surface area contributed by atoms with E-state index in [1.54, 1.807) is 6.92 Å². The fourth-order valence-electron chi connectivity index (χ4n) is 2.71. The molecule has 0 aliphatic rings. The first kappa shape index (κ1) is 17.3. The van der Waals surface area contributed by atoms with Gasteiger partial charge in [-0.1, -0.05) is 36.4 Å². The van der Waals surface area contributed by atoms with Gasteiger partial charge in [-0.2, -0.15) is 0 Å². The van der Waals surface area contributed by atoms with E-state index in [0.717, 1.165) is 21.5 Å². The number of carbonyl (C=O) groups excluding carboxylic acids is 2. The summed E-state index contributed by atoms with van der Waals surface area (Å²) in [5.74, 6) is -0.583. The lowest BCUT2D eigenvalue weighted by molar-refractivity contribution is -0.141. The van der Waals surface area contributed by atoms with Crippen LogP contribution in [0.5, 0.6) is 0 Å². The van der Waals surface area contributed by atoms with Crippen molar-refractivity contribution < 1.29 is 14.3 Å². The molecule has 0 amide bonds. The van der Waals surface area contributed by atoms with Gasteiger partial charge in [0.15, 0.2) is 6.61 Å². The van der Waals surface area contributed by atoms with E-state index in [1.165, 1.54) is 11.8 Å². The van der Waals surface area contributed by atoms with E-state index in [0.29, 0.717) is 5.56 Å². The van der Waals surface area contributed by atoms with Gasteiger partial charge in [-0.25, -0.2) is 0 Å². The monoisotopic (exact) mass is 353 g/mol. The number of benzene rings is 2. The zero-order valence-electron chi connectivity index (χ0n) is 14.1. The van der Waals surface area contributed by atoms with Gasteiger partial charge in [0.05, 0.1) is 0 Å². The Morgan fingerprint density at radius 3 is 2.52 bits per heavy atom. The molecule has 0 aliphatic carbocycles. The van der Waals surface area contributed by atoms with Crippen LogP contribution in [-0.4, -0.2) is 28.6 Å². The van der Waals surface area contributed by atoms with E-state index in [2.05, 4.69) is 4.98 Å². The summed E-state index contributed by atoms with van der Waals surface area (Å²) >= 11 is 1.41. The maximum Gasteiger partial charge on any atom is 0.319 e. The van der Waals surface area contributed by atoms with Gasteiger partial charge in [-0.3, -0.25) is 9.59 Å². The zero-order valence-corrected chi connectivity index (χ0v) is 14.9. The van der Waals surface area contributed by atoms with Crippen LogP contribution in [0.15, 0.2) is 59.5 Å². The van der Waals surface area contributed by atoms with Gasteiger partial charge in [-0.15, -0.1) is 11.8 Å². The Hall–Kier alpha value is -2.53. The quantitative estimate of drug-likeness (QED) is 0.406. The maximum atomic E-state index is 12.5. The summed E-state index contributed by atoms with van der Waals surface area (Å²) in [5.41, 5.74) is 2.28. The third kappa shape index (κ3) is 3.94. The van der Waals surface area contributed by atoms with Crippen molar-refractivity contribution in [3.8, 4) is 0 Å². The number of Topliss-reactive ketones (excluding diaryl/α,β-unsaturated/α-hetero) is 1. The number of nitrogens with one attached hydrogen (secondary N) is 1. The third-order valence-electron chi connectivity index (χ3n) is 3.91. The second kappa shape index (κ2) is 7.57. The lowest BCUT2D eigenvalue weighted by Gasteiger charge is -2.11. The van der Waals surface area contributed by atoms with Crippen LogP contribution in [0.2, 0.25) is 0 Å². The van der Waals surface area contributed by atoms with Gasteiger partial charge in [0.1, 0.15) is 5.25 Å². The summed E-state index contributed by atoms with van der Waals surface area (Å²) in [6.45, 7) is 3.38. The maximum absolute atomic E-state index is 12.5. The van der Waals surface area contributed by atoms with Crippen LogP contribution in [0, 0.1) is 6.92 Å². The highest BCUT2D eigenvalue weighted by Crippen LogP contribution is 2.24. The summed E-state index contributed by atoms with van der Waals surface area (Å²) in [7, 11) is 0. The average molecular weight is 353 g/mol. The molecule has 1 heterocycles. The fourth-order valence-corrected chi connectivity index (χ4v) is 3.60. The van der Waals surface area contributed by atoms with E-state index in [9.17, 15) is 9.59 Å². The minimum absolute atomic E-state index is 0.194. The number of fused-ring (bicyclic) bond motifs is 1. The van der Waals surface area contributed by atoms with Crippen molar-refractivity contribution in [2.75, 3.05) is 6.61 Å². The number of carbonyl (C=O) groups is 2. The number of ether oxygens (including phenoxy) is 1. The van der Waals surface area contributed by atoms with E-state index in [-0.39, 0.29) is 23.6 Å². The first-order valence-electron chi connectivity index (χ1n) is 8.05. The van der Waals surface area contributed by atoms with Gasteiger partial charge in [0.25, 0.3) is 0 Å². The van der Waals surface area contributed by atoms with E-state index in [1.807, 2.05) is 61.5 Å². The molecule has 4 nitrogen and oxygen atoms in total. The van der Waals surface area contributed by atoms with Gasteiger partial charge < -0.3 is 9.72 Å². The number of hydrogen-bond donors (Lipinski definition) is 1. The second-order valence-electron chi connectivity index (χ2n) is 5.77. The van der Waals surface area contributed by atoms with Crippen LogP contribution in [0.4, 0.5) is 0 Å². The molecule has 3 rings (SSSR count). The molecule has 0 saturated heterocycles. The number of rotatable bonds is 6. The van der Waals surface area contributed by atoms with Crippen LogP contribution in [0.3, 0.4) is 0 Å². The molecular weight excluding hydrogens is 334 g/mol. The SMILES string of the molecule is Cc1[nH]c2ccccc2c1C(=O)COC(=O)[C@@H](C)Sc1ccccc1. The topological polar surface area (TPSA) is 59.2 Å². The number of hydrogen-bond acceptors (Lipinski definition) is 4. The minimum Gasteiger partial charge on any atom is -0.456 e.